The summed E-state index contributed by atoms with van der Waals surface area (Å²) in [6.07, 6.45) is 0.242. The second-order valence-corrected chi connectivity index (χ2v) is 4.17. The Bertz CT molecular complexity index is 460. The Hall–Kier alpha value is -1.75. The smallest absolute Gasteiger partial charge is 0.323 e. The third kappa shape index (κ3) is 1.82. The minimum Gasteiger partial charge on any atom is -0.486 e. The summed E-state index contributed by atoms with van der Waals surface area (Å²) in [4.78, 5) is 11.2. The van der Waals surface area contributed by atoms with E-state index in [1.807, 2.05) is 18.2 Å². The molecule has 3 rings (SSSR count). The molecule has 0 saturated carbocycles. The maximum absolute atomic E-state index is 11.2. The monoisotopic (exact) mass is 235 g/mol. The predicted molar refractivity (Wildman–Crippen MR) is 58.9 cm³/mol. The summed E-state index contributed by atoms with van der Waals surface area (Å²) in [5.41, 5.74) is 6.51. The Morgan fingerprint density at radius 2 is 1.94 bits per heavy atom. The lowest BCUT2D eigenvalue weighted by Gasteiger charge is -2.20. The zero-order valence-electron chi connectivity index (χ0n) is 9.22. The van der Waals surface area contributed by atoms with Crippen molar-refractivity contribution in [3.63, 3.8) is 0 Å². The van der Waals surface area contributed by atoms with E-state index in [9.17, 15) is 4.79 Å². The lowest BCUT2D eigenvalue weighted by molar-refractivity contribution is -0.142. The molecule has 2 atom stereocenters. The van der Waals surface area contributed by atoms with Crippen LogP contribution >= 0.6 is 0 Å². The Kier molecular flexibility index (Phi) is 2.40. The first kappa shape index (κ1) is 10.4. The average Bonchev–Trinajstić information content (AvgIpc) is 2.69. The van der Waals surface area contributed by atoms with E-state index < -0.39 is 6.04 Å². The molecule has 2 heterocycles. The van der Waals surface area contributed by atoms with E-state index >= 15 is 0 Å². The van der Waals surface area contributed by atoms with Crippen molar-refractivity contribution in [1.82, 2.24) is 0 Å². The van der Waals surface area contributed by atoms with Crippen molar-refractivity contribution in [2.45, 2.75) is 18.6 Å². The van der Waals surface area contributed by atoms with Gasteiger partial charge in [-0.25, -0.2) is 0 Å². The van der Waals surface area contributed by atoms with Crippen LogP contribution in [0, 0.1) is 0 Å². The number of carbonyl (C=O) groups excluding carboxylic acids is 1. The van der Waals surface area contributed by atoms with E-state index in [2.05, 4.69) is 0 Å². The molecule has 0 aliphatic carbocycles. The van der Waals surface area contributed by atoms with Gasteiger partial charge in [-0.2, -0.15) is 0 Å². The molecule has 1 aromatic carbocycles. The number of fused-ring (bicyclic) bond motifs is 1. The summed E-state index contributed by atoms with van der Waals surface area (Å²) < 4.78 is 16.1. The molecule has 1 fully saturated rings. The van der Waals surface area contributed by atoms with Crippen molar-refractivity contribution >= 4 is 5.97 Å². The highest BCUT2D eigenvalue weighted by molar-refractivity contribution is 5.78. The second kappa shape index (κ2) is 3.92. The standard InChI is InChI=1S/C12H13NO4/c13-8-6-10(17-12(8)14)7-1-2-9-11(5-7)16-4-3-15-9/h1-2,5,8,10H,3-4,6,13H2. The number of nitrogens with two attached hydrogens (primary N) is 1. The average molecular weight is 235 g/mol. The fourth-order valence-corrected chi connectivity index (χ4v) is 2.07. The van der Waals surface area contributed by atoms with Gasteiger partial charge in [-0.3, -0.25) is 4.79 Å². The fraction of sp³-hybridized carbons (Fsp3) is 0.417. The number of ether oxygens (including phenoxy) is 3. The van der Waals surface area contributed by atoms with E-state index in [-0.39, 0.29) is 12.1 Å². The predicted octanol–water partition coefficient (Wildman–Crippen LogP) is 0.773. The minimum absolute atomic E-state index is 0.270. The van der Waals surface area contributed by atoms with Gasteiger partial charge in [0.05, 0.1) is 0 Å². The van der Waals surface area contributed by atoms with Gasteiger partial charge >= 0.3 is 5.97 Å². The molecule has 0 spiro atoms. The molecule has 5 nitrogen and oxygen atoms in total. The number of cyclic esters (lactones) is 1. The quantitative estimate of drug-likeness (QED) is 0.728. The van der Waals surface area contributed by atoms with Gasteiger partial charge in [0.25, 0.3) is 0 Å². The molecule has 2 aliphatic rings. The first-order valence-corrected chi connectivity index (χ1v) is 5.59. The Morgan fingerprint density at radius 1 is 1.18 bits per heavy atom. The van der Waals surface area contributed by atoms with Crippen LogP contribution in [0.5, 0.6) is 11.5 Å². The zero-order valence-corrected chi connectivity index (χ0v) is 9.22. The SMILES string of the molecule is NC1CC(c2ccc3c(c2)OCCO3)OC1=O. The van der Waals surface area contributed by atoms with Crippen molar-refractivity contribution in [2.75, 3.05) is 13.2 Å². The summed E-state index contributed by atoms with van der Waals surface area (Å²) in [5, 5.41) is 0. The maximum atomic E-state index is 11.2. The zero-order chi connectivity index (χ0) is 11.8. The highest BCUT2D eigenvalue weighted by Crippen LogP contribution is 2.36. The third-order valence-electron chi connectivity index (χ3n) is 2.97. The molecular weight excluding hydrogens is 222 g/mol. The molecule has 2 aliphatic heterocycles. The lowest BCUT2D eigenvalue weighted by Crippen LogP contribution is -2.24. The van der Waals surface area contributed by atoms with Gasteiger partial charge in [0, 0.05) is 6.42 Å². The fourth-order valence-electron chi connectivity index (χ4n) is 2.07. The van der Waals surface area contributed by atoms with E-state index in [1.165, 1.54) is 0 Å². The van der Waals surface area contributed by atoms with Gasteiger partial charge in [0.2, 0.25) is 0 Å². The molecule has 1 saturated heterocycles. The van der Waals surface area contributed by atoms with Crippen LogP contribution in [0.25, 0.3) is 0 Å². The number of hydrogen-bond donors (Lipinski definition) is 1. The van der Waals surface area contributed by atoms with Crippen molar-refractivity contribution in [1.29, 1.82) is 0 Å². The number of esters is 1. The van der Waals surface area contributed by atoms with E-state index in [0.29, 0.717) is 25.4 Å². The number of rotatable bonds is 1. The Balaban J connectivity index is 1.87. The highest BCUT2D eigenvalue weighted by atomic mass is 16.6. The summed E-state index contributed by atoms with van der Waals surface area (Å²) in [6.45, 7) is 1.11. The molecule has 5 heteroatoms. The first-order chi connectivity index (χ1) is 8.24. The van der Waals surface area contributed by atoms with E-state index in [0.717, 1.165) is 11.3 Å². The van der Waals surface area contributed by atoms with Crippen LogP contribution in [0.3, 0.4) is 0 Å². The van der Waals surface area contributed by atoms with Crippen LogP contribution in [0.4, 0.5) is 0 Å². The van der Waals surface area contributed by atoms with E-state index in [1.54, 1.807) is 0 Å². The van der Waals surface area contributed by atoms with Gasteiger partial charge in [-0.15, -0.1) is 0 Å². The van der Waals surface area contributed by atoms with E-state index in [4.69, 9.17) is 19.9 Å². The minimum atomic E-state index is -0.520. The number of carbonyl (C=O) groups is 1. The normalized spacial score (nSPS) is 26.8. The maximum Gasteiger partial charge on any atom is 0.323 e. The molecule has 0 bridgehead atoms. The number of hydrogen-bond acceptors (Lipinski definition) is 5. The van der Waals surface area contributed by atoms with Gasteiger partial charge in [-0.1, -0.05) is 6.07 Å². The highest BCUT2D eigenvalue weighted by Gasteiger charge is 2.33. The van der Waals surface area contributed by atoms with Crippen LogP contribution in [0.2, 0.25) is 0 Å². The summed E-state index contributed by atoms with van der Waals surface area (Å²) in [7, 11) is 0. The molecule has 0 radical (unpaired) electrons. The van der Waals surface area contributed by atoms with Crippen LogP contribution in [-0.2, 0) is 9.53 Å². The molecule has 1 aromatic rings. The Labute approximate surface area is 98.5 Å². The van der Waals surface area contributed by atoms with Crippen LogP contribution in [-0.4, -0.2) is 25.2 Å². The van der Waals surface area contributed by atoms with Crippen molar-refractivity contribution in [3.8, 4) is 11.5 Å². The third-order valence-corrected chi connectivity index (χ3v) is 2.97. The number of benzene rings is 1. The van der Waals surface area contributed by atoms with Crippen molar-refractivity contribution in [2.24, 2.45) is 5.73 Å². The molecule has 90 valence electrons. The molecule has 0 amide bonds. The topological polar surface area (TPSA) is 70.8 Å². The lowest BCUT2D eigenvalue weighted by atomic mass is 10.0. The first-order valence-electron chi connectivity index (χ1n) is 5.59. The van der Waals surface area contributed by atoms with Gasteiger partial charge < -0.3 is 19.9 Å². The molecule has 17 heavy (non-hydrogen) atoms. The summed E-state index contributed by atoms with van der Waals surface area (Å²) >= 11 is 0. The largest absolute Gasteiger partial charge is 0.486 e. The molecule has 0 aromatic heterocycles. The van der Waals surface area contributed by atoms with Crippen molar-refractivity contribution < 1.29 is 19.0 Å². The molecular formula is C12H13NO4. The van der Waals surface area contributed by atoms with Gasteiger partial charge in [0.1, 0.15) is 25.4 Å². The van der Waals surface area contributed by atoms with Crippen LogP contribution in [0.15, 0.2) is 18.2 Å². The summed E-state index contributed by atoms with van der Waals surface area (Å²) in [6, 6.07) is 5.04. The van der Waals surface area contributed by atoms with Crippen LogP contribution in [0.1, 0.15) is 18.1 Å². The van der Waals surface area contributed by atoms with Crippen molar-refractivity contribution in [3.05, 3.63) is 23.8 Å². The van der Waals surface area contributed by atoms with Gasteiger partial charge in [-0.05, 0) is 17.7 Å². The summed E-state index contributed by atoms with van der Waals surface area (Å²) in [5.74, 6) is 1.09. The van der Waals surface area contributed by atoms with Gasteiger partial charge in [0.15, 0.2) is 11.5 Å². The van der Waals surface area contributed by atoms with Crippen LogP contribution < -0.4 is 15.2 Å². The molecule has 2 unspecified atom stereocenters. The molecule has 2 N–H and O–H groups in total. The second-order valence-electron chi connectivity index (χ2n) is 4.17. The Morgan fingerprint density at radius 3 is 2.65 bits per heavy atom.